The highest BCUT2D eigenvalue weighted by molar-refractivity contribution is 14.0. The minimum absolute atomic E-state index is 0. The van der Waals surface area contributed by atoms with E-state index in [-0.39, 0.29) is 29.6 Å². The quantitative estimate of drug-likeness (QED) is 0.325. The molecule has 160 valence electrons. The standard InChI is InChI=1S/C21H37N5O.HI/c1-6-25-11-13-26(14-12-25)16-19-9-7-18(8-10-19)15-23-20(22-4)24-17-21(2,3)27-5;/h7-10H,6,11-17H2,1-5H3,(H2,22,23,24);1H. The molecule has 0 saturated carbocycles. The van der Waals surface area contributed by atoms with Gasteiger partial charge in [-0.2, -0.15) is 0 Å². The van der Waals surface area contributed by atoms with Crippen LogP contribution in [-0.4, -0.2) is 74.8 Å². The van der Waals surface area contributed by atoms with Crippen molar-refractivity contribution in [2.24, 2.45) is 4.99 Å². The van der Waals surface area contributed by atoms with E-state index < -0.39 is 0 Å². The lowest BCUT2D eigenvalue weighted by Crippen LogP contribution is -2.45. The Morgan fingerprint density at radius 1 is 1.04 bits per heavy atom. The van der Waals surface area contributed by atoms with Crippen LogP contribution in [0.4, 0.5) is 0 Å². The molecule has 28 heavy (non-hydrogen) atoms. The highest BCUT2D eigenvalue weighted by Crippen LogP contribution is 2.10. The van der Waals surface area contributed by atoms with Gasteiger partial charge in [0.1, 0.15) is 0 Å². The van der Waals surface area contributed by atoms with Crippen molar-refractivity contribution in [2.45, 2.75) is 39.5 Å². The number of aliphatic imine (C=N–C) groups is 1. The Bertz CT molecular complexity index is 583. The van der Waals surface area contributed by atoms with Gasteiger partial charge in [-0.15, -0.1) is 24.0 Å². The third-order valence-corrected chi connectivity index (χ3v) is 5.26. The van der Waals surface area contributed by atoms with Crippen LogP contribution in [0, 0.1) is 0 Å². The molecule has 0 aromatic heterocycles. The topological polar surface area (TPSA) is 52.1 Å². The number of hydrogen-bond acceptors (Lipinski definition) is 4. The van der Waals surface area contributed by atoms with Gasteiger partial charge in [-0.25, -0.2) is 0 Å². The lowest BCUT2D eigenvalue weighted by Gasteiger charge is -2.34. The first-order valence-corrected chi connectivity index (χ1v) is 9.98. The number of likely N-dealkylation sites (N-methyl/N-ethyl adjacent to an activating group) is 1. The van der Waals surface area contributed by atoms with Gasteiger partial charge in [0.25, 0.3) is 0 Å². The third-order valence-electron chi connectivity index (χ3n) is 5.26. The molecule has 7 heteroatoms. The Hall–Kier alpha value is -0.900. The molecule has 0 unspecified atom stereocenters. The van der Waals surface area contributed by atoms with Crippen LogP contribution in [0.15, 0.2) is 29.3 Å². The van der Waals surface area contributed by atoms with E-state index in [1.165, 1.54) is 24.2 Å². The number of ether oxygens (including phenoxy) is 1. The number of hydrogen-bond donors (Lipinski definition) is 2. The van der Waals surface area contributed by atoms with Crippen molar-refractivity contribution in [1.29, 1.82) is 0 Å². The number of halogens is 1. The fraction of sp³-hybridized carbons (Fsp3) is 0.667. The zero-order chi connectivity index (χ0) is 19.7. The van der Waals surface area contributed by atoms with Crippen molar-refractivity contribution in [3.05, 3.63) is 35.4 Å². The van der Waals surface area contributed by atoms with Gasteiger partial charge < -0.3 is 20.3 Å². The van der Waals surface area contributed by atoms with Gasteiger partial charge in [-0.1, -0.05) is 31.2 Å². The summed E-state index contributed by atoms with van der Waals surface area (Å²) in [5, 5.41) is 6.67. The number of rotatable bonds is 8. The first-order valence-electron chi connectivity index (χ1n) is 9.98. The van der Waals surface area contributed by atoms with E-state index in [9.17, 15) is 0 Å². The minimum Gasteiger partial charge on any atom is -0.377 e. The van der Waals surface area contributed by atoms with Crippen LogP contribution in [0.2, 0.25) is 0 Å². The first-order chi connectivity index (χ1) is 13.0. The summed E-state index contributed by atoms with van der Waals surface area (Å²) in [6.45, 7) is 14.7. The predicted molar refractivity (Wildman–Crippen MR) is 129 cm³/mol. The second kappa shape index (κ2) is 12.6. The summed E-state index contributed by atoms with van der Waals surface area (Å²) in [7, 11) is 3.51. The van der Waals surface area contributed by atoms with Gasteiger partial charge in [0.2, 0.25) is 0 Å². The van der Waals surface area contributed by atoms with Crippen molar-refractivity contribution in [1.82, 2.24) is 20.4 Å². The smallest absolute Gasteiger partial charge is 0.191 e. The van der Waals surface area contributed by atoms with Crippen LogP contribution in [0.3, 0.4) is 0 Å². The lowest BCUT2D eigenvalue weighted by atomic mass is 10.1. The summed E-state index contributed by atoms with van der Waals surface area (Å²) >= 11 is 0. The molecule has 0 amide bonds. The highest BCUT2D eigenvalue weighted by atomic mass is 127. The van der Waals surface area contributed by atoms with E-state index in [1.54, 1.807) is 14.2 Å². The summed E-state index contributed by atoms with van der Waals surface area (Å²) in [6.07, 6.45) is 0. The van der Waals surface area contributed by atoms with Crippen molar-refractivity contribution in [3.63, 3.8) is 0 Å². The van der Waals surface area contributed by atoms with Crippen molar-refractivity contribution < 1.29 is 4.74 Å². The number of piperazine rings is 1. The molecule has 0 aliphatic carbocycles. The predicted octanol–water partition coefficient (Wildman–Crippen LogP) is 2.53. The first kappa shape index (κ1) is 25.1. The maximum Gasteiger partial charge on any atom is 0.191 e. The van der Waals surface area contributed by atoms with Crippen LogP contribution in [0.1, 0.15) is 31.9 Å². The minimum atomic E-state index is -0.220. The molecule has 0 spiro atoms. The maximum absolute atomic E-state index is 5.43. The van der Waals surface area contributed by atoms with E-state index in [0.29, 0.717) is 6.54 Å². The molecule has 0 bridgehead atoms. The van der Waals surface area contributed by atoms with Crippen LogP contribution in [0.25, 0.3) is 0 Å². The monoisotopic (exact) mass is 503 g/mol. The Balaban J connectivity index is 0.00000392. The van der Waals surface area contributed by atoms with Crippen molar-refractivity contribution in [3.8, 4) is 0 Å². The Morgan fingerprint density at radius 2 is 1.61 bits per heavy atom. The molecule has 1 fully saturated rings. The summed E-state index contributed by atoms with van der Waals surface area (Å²) in [4.78, 5) is 9.33. The largest absolute Gasteiger partial charge is 0.377 e. The molecule has 1 aromatic carbocycles. The number of nitrogens with one attached hydrogen (secondary N) is 2. The number of nitrogens with zero attached hydrogens (tertiary/aromatic N) is 3. The average Bonchev–Trinajstić information content (AvgIpc) is 2.70. The zero-order valence-corrected chi connectivity index (χ0v) is 20.5. The van der Waals surface area contributed by atoms with Gasteiger partial charge in [-0.3, -0.25) is 9.89 Å². The maximum atomic E-state index is 5.43. The third kappa shape index (κ3) is 8.63. The summed E-state index contributed by atoms with van der Waals surface area (Å²) in [5.41, 5.74) is 2.42. The molecule has 2 N–H and O–H groups in total. The van der Waals surface area contributed by atoms with Crippen LogP contribution in [-0.2, 0) is 17.8 Å². The molecule has 1 saturated heterocycles. The Kier molecular flexibility index (Phi) is 11.3. The second-order valence-electron chi connectivity index (χ2n) is 7.77. The van der Waals surface area contributed by atoms with Crippen LogP contribution in [0.5, 0.6) is 0 Å². The van der Waals surface area contributed by atoms with E-state index in [1.807, 2.05) is 13.8 Å². The molecule has 2 rings (SSSR count). The van der Waals surface area contributed by atoms with E-state index in [2.05, 4.69) is 56.6 Å². The van der Waals surface area contributed by atoms with Gasteiger partial charge >= 0.3 is 0 Å². The zero-order valence-electron chi connectivity index (χ0n) is 18.1. The molecule has 1 aromatic rings. The van der Waals surface area contributed by atoms with E-state index in [0.717, 1.165) is 38.7 Å². The molecular formula is C21H38IN5O. The molecule has 0 radical (unpaired) electrons. The molecule has 0 atom stereocenters. The summed E-state index contributed by atoms with van der Waals surface area (Å²) in [5.74, 6) is 0.790. The van der Waals surface area contributed by atoms with Gasteiger partial charge in [0.05, 0.1) is 5.60 Å². The fourth-order valence-electron chi connectivity index (χ4n) is 3.06. The Labute approximate surface area is 188 Å². The molecule has 1 aliphatic rings. The van der Waals surface area contributed by atoms with Gasteiger partial charge in [0.15, 0.2) is 5.96 Å². The number of benzene rings is 1. The fourth-order valence-corrected chi connectivity index (χ4v) is 3.06. The van der Waals surface area contributed by atoms with Crippen LogP contribution < -0.4 is 10.6 Å². The molecule has 1 heterocycles. The average molecular weight is 503 g/mol. The highest BCUT2D eigenvalue weighted by Gasteiger charge is 2.17. The Morgan fingerprint density at radius 3 is 2.14 bits per heavy atom. The second-order valence-corrected chi connectivity index (χ2v) is 7.77. The van der Waals surface area contributed by atoms with Crippen molar-refractivity contribution >= 4 is 29.9 Å². The lowest BCUT2D eigenvalue weighted by molar-refractivity contribution is 0.0268. The van der Waals surface area contributed by atoms with Crippen molar-refractivity contribution in [2.75, 3.05) is 53.4 Å². The van der Waals surface area contributed by atoms with Crippen LogP contribution >= 0.6 is 24.0 Å². The number of guanidine groups is 1. The van der Waals surface area contributed by atoms with E-state index >= 15 is 0 Å². The molecule has 6 nitrogen and oxygen atoms in total. The number of methoxy groups -OCH3 is 1. The van der Waals surface area contributed by atoms with Gasteiger partial charge in [-0.05, 0) is 31.5 Å². The molecular weight excluding hydrogens is 465 g/mol. The van der Waals surface area contributed by atoms with E-state index in [4.69, 9.17) is 4.74 Å². The normalized spacial score (nSPS) is 16.5. The summed E-state index contributed by atoms with van der Waals surface area (Å²) < 4.78 is 5.43. The molecule has 1 aliphatic heterocycles. The SMILES string of the molecule is CCN1CCN(Cc2ccc(CNC(=NC)NCC(C)(C)OC)cc2)CC1.I. The summed E-state index contributed by atoms with van der Waals surface area (Å²) in [6, 6.07) is 8.90. The van der Waals surface area contributed by atoms with Gasteiger partial charge in [0, 0.05) is 60.0 Å².